The minimum atomic E-state index is -0.00809. The predicted octanol–water partition coefficient (Wildman–Crippen LogP) is 3.82. The first-order chi connectivity index (χ1) is 8.00. The van der Waals surface area contributed by atoms with Crippen molar-refractivity contribution in [1.29, 1.82) is 0 Å². The Morgan fingerprint density at radius 2 is 2.00 bits per heavy atom. The summed E-state index contributed by atoms with van der Waals surface area (Å²) in [6.45, 7) is 4.11. The summed E-state index contributed by atoms with van der Waals surface area (Å²) in [5.41, 5.74) is 1.78. The maximum atomic E-state index is 12.2. The zero-order chi connectivity index (χ0) is 12.5. The standard InChI is InChI=1S/C14H18BrNO/c1-10-5-6-11(15)9-12(10)13(17)16-14(2)7-3-4-8-14/h5-6,9H,3-4,7-8H2,1-2H3,(H,16,17). The van der Waals surface area contributed by atoms with E-state index in [9.17, 15) is 4.79 Å². The van der Waals surface area contributed by atoms with Crippen molar-refractivity contribution in [2.75, 3.05) is 0 Å². The lowest BCUT2D eigenvalue weighted by atomic mass is 9.99. The van der Waals surface area contributed by atoms with Crippen LogP contribution in [-0.2, 0) is 0 Å². The van der Waals surface area contributed by atoms with E-state index in [2.05, 4.69) is 28.2 Å². The Morgan fingerprint density at radius 3 is 2.65 bits per heavy atom. The van der Waals surface area contributed by atoms with E-state index in [1.807, 2.05) is 25.1 Å². The normalized spacial score (nSPS) is 18.1. The second kappa shape index (κ2) is 4.81. The Bertz CT molecular complexity index is 436. The minimum absolute atomic E-state index is 0.00809. The van der Waals surface area contributed by atoms with Crippen LogP contribution in [0.1, 0.15) is 48.5 Å². The van der Waals surface area contributed by atoms with Gasteiger partial charge in [-0.2, -0.15) is 0 Å². The second-order valence-electron chi connectivity index (χ2n) is 5.18. The van der Waals surface area contributed by atoms with Gasteiger partial charge in [-0.25, -0.2) is 0 Å². The third-order valence-electron chi connectivity index (χ3n) is 3.57. The molecule has 92 valence electrons. The molecule has 3 heteroatoms. The molecule has 0 aliphatic heterocycles. The summed E-state index contributed by atoms with van der Waals surface area (Å²) in [6, 6.07) is 5.82. The molecular weight excluding hydrogens is 278 g/mol. The lowest BCUT2D eigenvalue weighted by Crippen LogP contribution is -2.43. The summed E-state index contributed by atoms with van der Waals surface area (Å²) in [5.74, 6) is 0.0493. The molecule has 1 aromatic rings. The first kappa shape index (κ1) is 12.6. The number of amides is 1. The van der Waals surface area contributed by atoms with Gasteiger partial charge in [0.15, 0.2) is 0 Å². The van der Waals surface area contributed by atoms with Crippen LogP contribution < -0.4 is 5.32 Å². The van der Waals surface area contributed by atoms with Gasteiger partial charge >= 0.3 is 0 Å². The number of carbonyl (C=O) groups excluding carboxylic acids is 1. The molecule has 1 amide bonds. The molecule has 0 heterocycles. The fraction of sp³-hybridized carbons (Fsp3) is 0.500. The third-order valence-corrected chi connectivity index (χ3v) is 4.06. The molecule has 1 aliphatic carbocycles. The number of hydrogen-bond acceptors (Lipinski definition) is 1. The maximum absolute atomic E-state index is 12.2. The molecule has 0 spiro atoms. The molecule has 1 aromatic carbocycles. The summed E-state index contributed by atoms with van der Waals surface area (Å²) >= 11 is 3.41. The van der Waals surface area contributed by atoms with E-state index in [0.29, 0.717) is 0 Å². The van der Waals surface area contributed by atoms with Crippen molar-refractivity contribution in [3.63, 3.8) is 0 Å². The van der Waals surface area contributed by atoms with Crippen molar-refractivity contribution in [2.24, 2.45) is 0 Å². The van der Waals surface area contributed by atoms with Gasteiger partial charge < -0.3 is 5.32 Å². The first-order valence-corrected chi connectivity index (χ1v) is 6.88. The van der Waals surface area contributed by atoms with Crippen LogP contribution in [0.4, 0.5) is 0 Å². The lowest BCUT2D eigenvalue weighted by molar-refractivity contribution is 0.0907. The van der Waals surface area contributed by atoms with Crippen molar-refractivity contribution in [1.82, 2.24) is 5.32 Å². The summed E-state index contributed by atoms with van der Waals surface area (Å²) < 4.78 is 0.949. The largest absolute Gasteiger partial charge is 0.347 e. The first-order valence-electron chi connectivity index (χ1n) is 6.09. The van der Waals surface area contributed by atoms with Gasteiger partial charge in [-0.05, 0) is 44.4 Å². The molecule has 17 heavy (non-hydrogen) atoms. The van der Waals surface area contributed by atoms with E-state index in [-0.39, 0.29) is 11.4 Å². The average Bonchev–Trinajstić information content (AvgIpc) is 2.68. The molecule has 1 aliphatic rings. The Morgan fingerprint density at radius 1 is 1.35 bits per heavy atom. The number of rotatable bonds is 2. The molecule has 0 bridgehead atoms. The van der Waals surface area contributed by atoms with Gasteiger partial charge in [0.05, 0.1) is 0 Å². The van der Waals surface area contributed by atoms with Crippen molar-refractivity contribution >= 4 is 21.8 Å². The van der Waals surface area contributed by atoms with Gasteiger partial charge in [0.2, 0.25) is 0 Å². The smallest absolute Gasteiger partial charge is 0.252 e. The number of benzene rings is 1. The van der Waals surface area contributed by atoms with Gasteiger partial charge in [0.1, 0.15) is 0 Å². The molecular formula is C14H18BrNO. The topological polar surface area (TPSA) is 29.1 Å². The summed E-state index contributed by atoms with van der Waals surface area (Å²) in [7, 11) is 0. The van der Waals surface area contributed by atoms with Crippen LogP contribution in [0.2, 0.25) is 0 Å². The molecule has 2 nitrogen and oxygen atoms in total. The summed E-state index contributed by atoms with van der Waals surface area (Å²) in [4.78, 5) is 12.2. The Kier molecular flexibility index (Phi) is 3.57. The molecule has 0 unspecified atom stereocenters. The number of nitrogens with one attached hydrogen (secondary N) is 1. The molecule has 1 N–H and O–H groups in total. The second-order valence-corrected chi connectivity index (χ2v) is 6.10. The van der Waals surface area contributed by atoms with Crippen molar-refractivity contribution in [2.45, 2.75) is 45.1 Å². The Hall–Kier alpha value is -0.830. The zero-order valence-corrected chi connectivity index (χ0v) is 11.9. The van der Waals surface area contributed by atoms with Crippen molar-refractivity contribution in [3.05, 3.63) is 33.8 Å². The van der Waals surface area contributed by atoms with Gasteiger partial charge in [0.25, 0.3) is 5.91 Å². The van der Waals surface area contributed by atoms with E-state index in [1.165, 1.54) is 12.8 Å². The van der Waals surface area contributed by atoms with Crippen LogP contribution in [0.3, 0.4) is 0 Å². The van der Waals surface area contributed by atoms with Crippen LogP contribution in [0.5, 0.6) is 0 Å². The van der Waals surface area contributed by atoms with Crippen LogP contribution in [0.15, 0.2) is 22.7 Å². The molecule has 0 radical (unpaired) electrons. The zero-order valence-electron chi connectivity index (χ0n) is 10.3. The van der Waals surface area contributed by atoms with Gasteiger partial charge in [-0.15, -0.1) is 0 Å². The van der Waals surface area contributed by atoms with Crippen LogP contribution in [-0.4, -0.2) is 11.4 Å². The molecule has 0 aromatic heterocycles. The molecule has 1 fully saturated rings. The number of aryl methyl sites for hydroxylation is 1. The monoisotopic (exact) mass is 295 g/mol. The minimum Gasteiger partial charge on any atom is -0.347 e. The molecule has 1 saturated carbocycles. The molecule has 2 rings (SSSR count). The summed E-state index contributed by atoms with van der Waals surface area (Å²) in [6.07, 6.45) is 4.61. The highest BCUT2D eigenvalue weighted by Crippen LogP contribution is 2.29. The predicted molar refractivity (Wildman–Crippen MR) is 73.2 cm³/mol. The highest BCUT2D eigenvalue weighted by Gasteiger charge is 2.30. The van der Waals surface area contributed by atoms with E-state index < -0.39 is 0 Å². The number of carbonyl (C=O) groups is 1. The van der Waals surface area contributed by atoms with Crippen LogP contribution in [0.25, 0.3) is 0 Å². The molecule has 0 atom stereocenters. The number of halogens is 1. The van der Waals surface area contributed by atoms with Crippen LogP contribution in [0, 0.1) is 6.92 Å². The van der Waals surface area contributed by atoms with E-state index in [0.717, 1.165) is 28.4 Å². The average molecular weight is 296 g/mol. The quantitative estimate of drug-likeness (QED) is 0.883. The fourth-order valence-corrected chi connectivity index (χ4v) is 2.82. The number of hydrogen-bond donors (Lipinski definition) is 1. The Labute approximate surface area is 111 Å². The lowest BCUT2D eigenvalue weighted by Gasteiger charge is -2.25. The third kappa shape index (κ3) is 2.89. The fourth-order valence-electron chi connectivity index (χ4n) is 2.46. The Balaban J connectivity index is 2.17. The highest BCUT2D eigenvalue weighted by molar-refractivity contribution is 9.10. The van der Waals surface area contributed by atoms with E-state index in [4.69, 9.17) is 0 Å². The summed E-state index contributed by atoms with van der Waals surface area (Å²) in [5, 5.41) is 3.18. The van der Waals surface area contributed by atoms with Gasteiger partial charge in [-0.3, -0.25) is 4.79 Å². The van der Waals surface area contributed by atoms with Crippen LogP contribution >= 0.6 is 15.9 Å². The maximum Gasteiger partial charge on any atom is 0.252 e. The van der Waals surface area contributed by atoms with Crippen molar-refractivity contribution in [3.8, 4) is 0 Å². The van der Waals surface area contributed by atoms with Crippen molar-refractivity contribution < 1.29 is 4.79 Å². The van der Waals surface area contributed by atoms with Gasteiger partial charge in [-0.1, -0.05) is 34.8 Å². The molecule has 0 saturated heterocycles. The van der Waals surface area contributed by atoms with Gasteiger partial charge in [0, 0.05) is 15.6 Å². The highest BCUT2D eigenvalue weighted by atomic mass is 79.9. The van der Waals surface area contributed by atoms with E-state index >= 15 is 0 Å². The van der Waals surface area contributed by atoms with E-state index in [1.54, 1.807) is 0 Å². The SMILES string of the molecule is Cc1ccc(Br)cc1C(=O)NC1(C)CCCC1.